The van der Waals surface area contributed by atoms with Crippen molar-refractivity contribution in [1.29, 1.82) is 0 Å². The Kier molecular flexibility index (Phi) is 4.55. The molecule has 0 saturated carbocycles. The van der Waals surface area contributed by atoms with E-state index in [2.05, 4.69) is 5.10 Å². The van der Waals surface area contributed by atoms with Gasteiger partial charge in [-0.1, -0.05) is 30.7 Å². The Hall–Kier alpha value is -1.68. The Labute approximate surface area is 122 Å². The third-order valence-electron chi connectivity index (χ3n) is 3.19. The Balaban J connectivity index is 2.09. The van der Waals surface area contributed by atoms with Gasteiger partial charge in [0.15, 0.2) is 0 Å². The number of benzene rings is 1. The van der Waals surface area contributed by atoms with E-state index in [0.29, 0.717) is 5.56 Å². The van der Waals surface area contributed by atoms with E-state index in [1.807, 2.05) is 20.0 Å². The van der Waals surface area contributed by atoms with Gasteiger partial charge in [0.25, 0.3) is 0 Å². The molecule has 20 heavy (non-hydrogen) atoms. The van der Waals surface area contributed by atoms with Crippen molar-refractivity contribution in [1.82, 2.24) is 9.78 Å². The first-order valence-electron chi connectivity index (χ1n) is 6.47. The van der Waals surface area contributed by atoms with E-state index in [4.69, 9.17) is 11.6 Å². The second kappa shape index (κ2) is 6.18. The highest BCUT2D eigenvalue weighted by molar-refractivity contribution is 6.30. The summed E-state index contributed by atoms with van der Waals surface area (Å²) >= 11 is 5.70. The van der Waals surface area contributed by atoms with Crippen molar-refractivity contribution < 1.29 is 9.18 Å². The van der Waals surface area contributed by atoms with Crippen LogP contribution in [0.3, 0.4) is 0 Å². The SMILES string of the molecule is CCc1cc(CC(=O)Cc2cccc(Cl)c2F)n(C)n1. The van der Waals surface area contributed by atoms with Crippen LogP contribution in [0.5, 0.6) is 0 Å². The molecule has 5 heteroatoms. The monoisotopic (exact) mass is 294 g/mol. The Morgan fingerprint density at radius 2 is 2.15 bits per heavy atom. The molecule has 1 aromatic heterocycles. The summed E-state index contributed by atoms with van der Waals surface area (Å²) in [4.78, 5) is 12.0. The molecule has 2 rings (SSSR count). The lowest BCUT2D eigenvalue weighted by atomic mass is 10.0. The number of Topliss-reactive ketones (excluding diaryl/α,β-unsaturated/α-hetero) is 1. The lowest BCUT2D eigenvalue weighted by molar-refractivity contribution is -0.117. The van der Waals surface area contributed by atoms with Gasteiger partial charge >= 0.3 is 0 Å². The fourth-order valence-electron chi connectivity index (χ4n) is 2.07. The minimum absolute atomic E-state index is 0.0407. The largest absolute Gasteiger partial charge is 0.299 e. The van der Waals surface area contributed by atoms with E-state index in [1.54, 1.807) is 16.8 Å². The molecule has 0 aliphatic heterocycles. The van der Waals surface area contributed by atoms with Gasteiger partial charge in [0.1, 0.15) is 11.6 Å². The quantitative estimate of drug-likeness (QED) is 0.849. The van der Waals surface area contributed by atoms with Crippen LogP contribution in [-0.4, -0.2) is 15.6 Å². The van der Waals surface area contributed by atoms with Crippen molar-refractivity contribution in [2.45, 2.75) is 26.2 Å². The number of carbonyl (C=O) groups is 1. The van der Waals surface area contributed by atoms with Crippen LogP contribution in [0.1, 0.15) is 23.9 Å². The second-order valence-corrected chi connectivity index (χ2v) is 5.12. The number of aromatic nitrogens is 2. The Morgan fingerprint density at radius 1 is 1.40 bits per heavy atom. The second-order valence-electron chi connectivity index (χ2n) is 4.71. The topological polar surface area (TPSA) is 34.9 Å². The number of nitrogens with zero attached hydrogens (tertiary/aromatic N) is 2. The van der Waals surface area contributed by atoms with Crippen LogP contribution >= 0.6 is 11.6 Å². The summed E-state index contributed by atoms with van der Waals surface area (Å²) < 4.78 is 15.4. The van der Waals surface area contributed by atoms with Gasteiger partial charge in [-0.3, -0.25) is 9.48 Å². The number of hydrogen-bond acceptors (Lipinski definition) is 2. The smallest absolute Gasteiger partial charge is 0.145 e. The zero-order chi connectivity index (χ0) is 14.7. The highest BCUT2D eigenvalue weighted by Gasteiger charge is 2.13. The molecule has 0 spiro atoms. The van der Waals surface area contributed by atoms with Crippen LogP contribution in [-0.2, 0) is 31.1 Å². The summed E-state index contributed by atoms with van der Waals surface area (Å²) in [6.07, 6.45) is 1.11. The maximum absolute atomic E-state index is 13.7. The standard InChI is InChI=1S/C15H16ClFN2O/c1-3-11-8-12(19(2)18-11)9-13(20)7-10-5-4-6-14(16)15(10)17/h4-6,8H,3,7,9H2,1-2H3. The van der Waals surface area contributed by atoms with Crippen molar-refractivity contribution >= 4 is 17.4 Å². The first-order valence-corrected chi connectivity index (χ1v) is 6.85. The number of aryl methyl sites for hydroxylation is 2. The molecule has 0 fully saturated rings. The Bertz CT molecular complexity index is 637. The van der Waals surface area contributed by atoms with Crippen molar-refractivity contribution in [3.05, 3.63) is 52.1 Å². The predicted octanol–water partition coefficient (Wildman–Crippen LogP) is 3.13. The van der Waals surface area contributed by atoms with Gasteiger partial charge in [0, 0.05) is 25.6 Å². The van der Waals surface area contributed by atoms with Crippen molar-refractivity contribution in [2.24, 2.45) is 7.05 Å². The molecule has 0 aliphatic carbocycles. The molecule has 0 amide bonds. The van der Waals surface area contributed by atoms with Gasteiger partial charge in [-0.05, 0) is 24.1 Å². The number of rotatable bonds is 5. The molecule has 0 aliphatic rings. The molecule has 0 unspecified atom stereocenters. The van der Waals surface area contributed by atoms with Gasteiger partial charge in [0.2, 0.25) is 0 Å². The van der Waals surface area contributed by atoms with E-state index in [9.17, 15) is 9.18 Å². The van der Waals surface area contributed by atoms with E-state index >= 15 is 0 Å². The number of halogens is 2. The maximum Gasteiger partial charge on any atom is 0.145 e. The predicted molar refractivity (Wildman–Crippen MR) is 76.4 cm³/mol. The van der Waals surface area contributed by atoms with Gasteiger partial charge in [0.05, 0.1) is 10.7 Å². The summed E-state index contributed by atoms with van der Waals surface area (Å²) in [7, 11) is 1.81. The summed E-state index contributed by atoms with van der Waals surface area (Å²) in [6.45, 7) is 2.01. The van der Waals surface area contributed by atoms with Crippen LogP contribution in [0.25, 0.3) is 0 Å². The van der Waals surface area contributed by atoms with E-state index in [1.165, 1.54) is 6.07 Å². The first kappa shape index (κ1) is 14.7. The third kappa shape index (κ3) is 3.25. The van der Waals surface area contributed by atoms with Crippen LogP contribution in [0.2, 0.25) is 5.02 Å². The highest BCUT2D eigenvalue weighted by Crippen LogP contribution is 2.19. The normalized spacial score (nSPS) is 10.8. The number of carbonyl (C=O) groups excluding carboxylic acids is 1. The number of ketones is 1. The molecule has 0 radical (unpaired) electrons. The zero-order valence-corrected chi connectivity index (χ0v) is 12.2. The fraction of sp³-hybridized carbons (Fsp3) is 0.333. The minimum atomic E-state index is -0.512. The molecule has 1 heterocycles. The summed E-state index contributed by atoms with van der Waals surface area (Å²) in [6, 6.07) is 6.61. The van der Waals surface area contributed by atoms with Crippen LogP contribution in [0.15, 0.2) is 24.3 Å². The molecule has 106 valence electrons. The first-order chi connectivity index (χ1) is 9.51. The lowest BCUT2D eigenvalue weighted by Crippen LogP contribution is -2.11. The molecule has 1 aromatic carbocycles. The van der Waals surface area contributed by atoms with Crippen LogP contribution in [0.4, 0.5) is 4.39 Å². The van der Waals surface area contributed by atoms with Crippen molar-refractivity contribution in [3.63, 3.8) is 0 Å². The maximum atomic E-state index is 13.7. The molecule has 0 saturated heterocycles. The van der Waals surface area contributed by atoms with Gasteiger partial charge in [-0.25, -0.2) is 4.39 Å². The average Bonchev–Trinajstić information content (AvgIpc) is 2.76. The van der Waals surface area contributed by atoms with Gasteiger partial charge in [-0.2, -0.15) is 5.10 Å². The van der Waals surface area contributed by atoms with E-state index < -0.39 is 5.82 Å². The summed E-state index contributed by atoms with van der Waals surface area (Å²) in [5.41, 5.74) is 2.12. The van der Waals surface area contributed by atoms with E-state index in [-0.39, 0.29) is 23.6 Å². The average molecular weight is 295 g/mol. The highest BCUT2D eigenvalue weighted by atomic mass is 35.5. The molecular formula is C15H16ClFN2O. The third-order valence-corrected chi connectivity index (χ3v) is 3.48. The fourth-order valence-corrected chi connectivity index (χ4v) is 2.27. The summed E-state index contributed by atoms with van der Waals surface area (Å²) in [5, 5.41) is 4.34. The molecule has 0 atom stereocenters. The minimum Gasteiger partial charge on any atom is -0.299 e. The molecule has 3 nitrogen and oxygen atoms in total. The zero-order valence-electron chi connectivity index (χ0n) is 11.5. The summed E-state index contributed by atoms with van der Waals surface area (Å²) in [5.74, 6) is -0.571. The molecule has 0 bridgehead atoms. The van der Waals surface area contributed by atoms with Crippen LogP contribution < -0.4 is 0 Å². The molecule has 0 N–H and O–H groups in total. The van der Waals surface area contributed by atoms with Gasteiger partial charge < -0.3 is 0 Å². The van der Waals surface area contributed by atoms with Gasteiger partial charge in [-0.15, -0.1) is 0 Å². The van der Waals surface area contributed by atoms with Crippen molar-refractivity contribution in [3.8, 4) is 0 Å². The van der Waals surface area contributed by atoms with Crippen LogP contribution in [0, 0.1) is 5.82 Å². The molecular weight excluding hydrogens is 279 g/mol. The molecule has 2 aromatic rings. The Morgan fingerprint density at radius 3 is 2.80 bits per heavy atom. The van der Waals surface area contributed by atoms with Crippen molar-refractivity contribution in [2.75, 3.05) is 0 Å². The number of hydrogen-bond donors (Lipinski definition) is 0. The van der Waals surface area contributed by atoms with E-state index in [0.717, 1.165) is 17.8 Å². The lowest BCUT2D eigenvalue weighted by Gasteiger charge is -2.04.